The smallest absolute Gasteiger partial charge is 0.160 e. The topological polar surface area (TPSA) is 47.9 Å². The average Bonchev–Trinajstić information content (AvgIpc) is 2.54. The highest BCUT2D eigenvalue weighted by Gasteiger charge is 2.27. The number of hydrogen-bond acceptors (Lipinski definition) is 4. The molecule has 0 amide bonds. The van der Waals surface area contributed by atoms with Crippen LogP contribution in [0.4, 0.5) is 0 Å². The van der Waals surface area contributed by atoms with Gasteiger partial charge in [0, 0.05) is 6.42 Å². The second-order valence-corrected chi connectivity index (χ2v) is 6.36. The number of rotatable bonds is 8. The van der Waals surface area contributed by atoms with E-state index in [1.165, 1.54) is 19.3 Å². The molecule has 3 atom stereocenters. The number of phenolic OH excluding ortho intramolecular Hbond substituents is 1. The number of hydrogen-bond donors (Lipinski definition) is 1. The summed E-state index contributed by atoms with van der Waals surface area (Å²) >= 11 is 0. The van der Waals surface area contributed by atoms with Gasteiger partial charge in [-0.3, -0.25) is 0 Å². The van der Waals surface area contributed by atoms with Gasteiger partial charge in [-0.05, 0) is 43.9 Å². The molecule has 4 nitrogen and oxygen atoms in total. The Morgan fingerprint density at radius 1 is 1.17 bits per heavy atom. The zero-order chi connectivity index (χ0) is 16.7. The molecular formula is C19H30O4. The Morgan fingerprint density at radius 3 is 2.61 bits per heavy atom. The van der Waals surface area contributed by atoms with Gasteiger partial charge in [0.2, 0.25) is 0 Å². The lowest BCUT2D eigenvalue weighted by atomic mass is 9.98. The fraction of sp³-hybridized carbons (Fsp3) is 0.684. The Labute approximate surface area is 139 Å². The summed E-state index contributed by atoms with van der Waals surface area (Å²) in [7, 11) is 1.57. The van der Waals surface area contributed by atoms with Crippen molar-refractivity contribution in [3.05, 3.63) is 23.8 Å². The van der Waals surface area contributed by atoms with E-state index >= 15 is 0 Å². The molecule has 1 aromatic rings. The fourth-order valence-electron chi connectivity index (χ4n) is 3.18. The minimum Gasteiger partial charge on any atom is -0.504 e. The van der Waals surface area contributed by atoms with Crippen molar-refractivity contribution in [3.63, 3.8) is 0 Å². The van der Waals surface area contributed by atoms with Gasteiger partial charge in [0.15, 0.2) is 17.8 Å². The number of ether oxygens (including phenoxy) is 3. The summed E-state index contributed by atoms with van der Waals surface area (Å²) < 4.78 is 17.0. The first-order valence-electron chi connectivity index (χ1n) is 8.79. The van der Waals surface area contributed by atoms with E-state index in [0.29, 0.717) is 11.9 Å². The zero-order valence-electron chi connectivity index (χ0n) is 14.6. The number of benzene rings is 1. The summed E-state index contributed by atoms with van der Waals surface area (Å²) in [5.74, 6) is 0.712. The highest BCUT2D eigenvalue weighted by molar-refractivity contribution is 5.41. The summed E-state index contributed by atoms with van der Waals surface area (Å²) in [6.07, 6.45) is 8.17. The number of phenols is 1. The molecule has 1 aliphatic rings. The fourth-order valence-corrected chi connectivity index (χ4v) is 3.18. The minimum atomic E-state index is -0.116. The molecule has 1 fully saturated rings. The van der Waals surface area contributed by atoms with Crippen molar-refractivity contribution in [2.45, 2.75) is 77.3 Å². The molecule has 0 spiro atoms. The Kier molecular flexibility index (Phi) is 7.18. The Morgan fingerprint density at radius 2 is 1.91 bits per heavy atom. The standard InChI is InChI=1S/C19H30O4/c1-4-5-6-7-16-13-17(23-14(2)22-16)10-8-15-9-11-18(20)19(12-15)21-3/h9,11-12,14,16-17,20H,4-8,10,13H2,1-3H3. The first kappa shape index (κ1) is 18.1. The van der Waals surface area contributed by atoms with E-state index in [1.54, 1.807) is 13.2 Å². The van der Waals surface area contributed by atoms with Crippen LogP contribution in [0.1, 0.15) is 57.9 Å². The van der Waals surface area contributed by atoms with Crippen molar-refractivity contribution in [3.8, 4) is 11.5 Å². The van der Waals surface area contributed by atoms with Gasteiger partial charge in [-0.1, -0.05) is 32.3 Å². The second kappa shape index (κ2) is 9.14. The molecular weight excluding hydrogens is 292 g/mol. The van der Waals surface area contributed by atoms with Crippen LogP contribution in [0.2, 0.25) is 0 Å². The molecule has 3 unspecified atom stereocenters. The van der Waals surface area contributed by atoms with Crippen molar-refractivity contribution in [1.29, 1.82) is 0 Å². The monoisotopic (exact) mass is 322 g/mol. The molecule has 1 heterocycles. The summed E-state index contributed by atoms with van der Waals surface area (Å²) in [4.78, 5) is 0. The van der Waals surface area contributed by atoms with Crippen molar-refractivity contribution >= 4 is 0 Å². The third-order valence-electron chi connectivity index (χ3n) is 4.42. The van der Waals surface area contributed by atoms with Gasteiger partial charge >= 0.3 is 0 Å². The predicted octanol–water partition coefficient (Wildman–Crippen LogP) is 4.43. The molecule has 23 heavy (non-hydrogen) atoms. The normalized spacial score (nSPS) is 24.6. The van der Waals surface area contributed by atoms with E-state index in [4.69, 9.17) is 14.2 Å². The van der Waals surface area contributed by atoms with E-state index in [9.17, 15) is 5.11 Å². The van der Waals surface area contributed by atoms with Gasteiger partial charge in [0.05, 0.1) is 19.3 Å². The van der Waals surface area contributed by atoms with Gasteiger partial charge in [0.25, 0.3) is 0 Å². The van der Waals surface area contributed by atoms with Crippen LogP contribution in [0.25, 0.3) is 0 Å². The Balaban J connectivity index is 1.84. The SMILES string of the molecule is CCCCCC1CC(CCc2ccc(O)c(OC)c2)OC(C)O1. The molecule has 0 aromatic heterocycles. The largest absolute Gasteiger partial charge is 0.504 e. The number of aryl methyl sites for hydroxylation is 1. The van der Waals surface area contributed by atoms with Gasteiger partial charge in [0.1, 0.15) is 0 Å². The van der Waals surface area contributed by atoms with Crippen molar-refractivity contribution in [1.82, 2.24) is 0 Å². The first-order chi connectivity index (χ1) is 11.1. The van der Waals surface area contributed by atoms with E-state index in [1.807, 2.05) is 19.1 Å². The maximum atomic E-state index is 9.66. The van der Waals surface area contributed by atoms with E-state index in [-0.39, 0.29) is 18.1 Å². The zero-order valence-corrected chi connectivity index (χ0v) is 14.6. The second-order valence-electron chi connectivity index (χ2n) is 6.36. The van der Waals surface area contributed by atoms with E-state index in [0.717, 1.165) is 31.2 Å². The van der Waals surface area contributed by atoms with Crippen LogP contribution in [0.3, 0.4) is 0 Å². The lowest BCUT2D eigenvalue weighted by molar-refractivity contribution is -0.236. The summed E-state index contributed by atoms with van der Waals surface area (Å²) in [6, 6.07) is 5.53. The number of unbranched alkanes of at least 4 members (excludes halogenated alkanes) is 2. The van der Waals surface area contributed by atoms with Gasteiger partial charge in [-0.2, -0.15) is 0 Å². The van der Waals surface area contributed by atoms with Gasteiger partial charge < -0.3 is 19.3 Å². The highest BCUT2D eigenvalue weighted by Crippen LogP contribution is 2.29. The molecule has 130 valence electrons. The predicted molar refractivity (Wildman–Crippen MR) is 90.9 cm³/mol. The maximum Gasteiger partial charge on any atom is 0.160 e. The summed E-state index contributed by atoms with van der Waals surface area (Å²) in [5, 5.41) is 9.66. The average molecular weight is 322 g/mol. The van der Waals surface area contributed by atoms with E-state index in [2.05, 4.69) is 6.92 Å². The third-order valence-corrected chi connectivity index (χ3v) is 4.42. The Bertz CT molecular complexity index is 474. The first-order valence-corrected chi connectivity index (χ1v) is 8.79. The van der Waals surface area contributed by atoms with Crippen LogP contribution in [0.15, 0.2) is 18.2 Å². The number of methoxy groups -OCH3 is 1. The molecule has 1 saturated heterocycles. The molecule has 1 aliphatic heterocycles. The van der Waals surface area contributed by atoms with Crippen LogP contribution in [-0.2, 0) is 15.9 Å². The molecule has 4 heteroatoms. The third kappa shape index (κ3) is 5.70. The highest BCUT2D eigenvalue weighted by atomic mass is 16.7. The lowest BCUT2D eigenvalue weighted by Crippen LogP contribution is -2.36. The van der Waals surface area contributed by atoms with Crippen molar-refractivity contribution in [2.24, 2.45) is 0 Å². The quantitative estimate of drug-likeness (QED) is 0.719. The van der Waals surface area contributed by atoms with Crippen LogP contribution in [-0.4, -0.2) is 30.7 Å². The van der Waals surface area contributed by atoms with Gasteiger partial charge in [-0.25, -0.2) is 0 Å². The van der Waals surface area contributed by atoms with Crippen molar-refractivity contribution < 1.29 is 19.3 Å². The number of aromatic hydroxyl groups is 1. The summed E-state index contributed by atoms with van der Waals surface area (Å²) in [6.45, 7) is 4.21. The molecule has 0 aliphatic carbocycles. The van der Waals surface area contributed by atoms with E-state index < -0.39 is 0 Å². The van der Waals surface area contributed by atoms with Crippen LogP contribution in [0, 0.1) is 0 Å². The molecule has 0 saturated carbocycles. The molecule has 0 radical (unpaired) electrons. The molecule has 1 N–H and O–H groups in total. The molecule has 0 bridgehead atoms. The maximum absolute atomic E-state index is 9.66. The van der Waals surface area contributed by atoms with Crippen LogP contribution >= 0.6 is 0 Å². The minimum absolute atomic E-state index is 0.116. The van der Waals surface area contributed by atoms with Crippen molar-refractivity contribution in [2.75, 3.05) is 7.11 Å². The van der Waals surface area contributed by atoms with Crippen LogP contribution in [0.5, 0.6) is 11.5 Å². The molecule has 2 rings (SSSR count). The van der Waals surface area contributed by atoms with Crippen LogP contribution < -0.4 is 4.74 Å². The lowest BCUT2D eigenvalue weighted by Gasteiger charge is -2.34. The molecule has 1 aromatic carbocycles. The van der Waals surface area contributed by atoms with Gasteiger partial charge in [-0.15, -0.1) is 0 Å². The summed E-state index contributed by atoms with van der Waals surface area (Å²) in [5.41, 5.74) is 1.16. The Hall–Kier alpha value is -1.26.